The zero-order valence-corrected chi connectivity index (χ0v) is 22.7. The molecule has 2 aliphatic rings. The maximum atomic E-state index is 12.8. The van der Waals surface area contributed by atoms with Crippen molar-refractivity contribution in [3.8, 4) is 0 Å². The van der Waals surface area contributed by atoms with E-state index in [-0.39, 0.29) is 5.91 Å². The monoisotopic (exact) mass is 543 g/mol. The molecule has 2 saturated heterocycles. The minimum absolute atomic E-state index is 0.0895. The fourth-order valence-electron chi connectivity index (χ4n) is 4.96. The first-order valence-electron chi connectivity index (χ1n) is 11.7. The molecule has 0 atom stereocenters. The molecule has 34 heavy (non-hydrogen) atoms. The summed E-state index contributed by atoms with van der Waals surface area (Å²) in [6.07, 6.45) is 5.21. The summed E-state index contributed by atoms with van der Waals surface area (Å²) in [4.78, 5) is 16.1. The number of carbonyl (C=O) groups excluding carboxylic acids is 1. The second-order valence-corrected chi connectivity index (χ2v) is 13.7. The van der Waals surface area contributed by atoms with Crippen LogP contribution in [0.3, 0.4) is 0 Å². The lowest BCUT2D eigenvalue weighted by Gasteiger charge is -2.37. The molecule has 10 heteroatoms. The highest BCUT2D eigenvalue weighted by Gasteiger charge is 2.32. The van der Waals surface area contributed by atoms with Crippen LogP contribution in [-0.4, -0.2) is 63.8 Å². The summed E-state index contributed by atoms with van der Waals surface area (Å²) in [5.41, 5.74) is 1.59. The molecule has 2 fully saturated rings. The van der Waals surface area contributed by atoms with Crippen molar-refractivity contribution in [1.82, 2.24) is 9.21 Å². The normalized spacial score (nSPS) is 18.9. The van der Waals surface area contributed by atoms with Gasteiger partial charge in [0.15, 0.2) is 0 Å². The summed E-state index contributed by atoms with van der Waals surface area (Å²) in [6, 6.07) is 8.94. The summed E-state index contributed by atoms with van der Waals surface area (Å²) in [6.45, 7) is 3.10. The number of rotatable bonds is 6. The first kappa shape index (κ1) is 25.8. The van der Waals surface area contributed by atoms with Gasteiger partial charge in [0.25, 0.3) is 15.9 Å². The van der Waals surface area contributed by atoms with E-state index < -0.39 is 10.0 Å². The maximum absolute atomic E-state index is 12.8. The van der Waals surface area contributed by atoms with Crippen molar-refractivity contribution in [2.24, 2.45) is 11.8 Å². The van der Waals surface area contributed by atoms with Crippen LogP contribution in [0.2, 0.25) is 9.36 Å². The van der Waals surface area contributed by atoms with Crippen LogP contribution in [-0.2, 0) is 10.0 Å². The van der Waals surface area contributed by atoms with Gasteiger partial charge in [-0.15, -0.1) is 11.3 Å². The molecule has 0 bridgehead atoms. The van der Waals surface area contributed by atoms with Gasteiger partial charge in [-0.05, 0) is 74.3 Å². The van der Waals surface area contributed by atoms with Gasteiger partial charge in [0.1, 0.15) is 4.21 Å². The van der Waals surface area contributed by atoms with E-state index in [1.165, 1.54) is 4.90 Å². The molecular weight excluding hydrogens is 513 g/mol. The van der Waals surface area contributed by atoms with Gasteiger partial charge >= 0.3 is 0 Å². The number of hydrogen-bond donors (Lipinski definition) is 0. The molecule has 2 aliphatic heterocycles. The Balaban J connectivity index is 1.26. The average Bonchev–Trinajstić information content (AvgIpc) is 3.26. The smallest absolute Gasteiger partial charge is 0.254 e. The highest BCUT2D eigenvalue weighted by atomic mass is 35.5. The van der Waals surface area contributed by atoms with Crippen molar-refractivity contribution in [3.63, 3.8) is 0 Å². The first-order valence-corrected chi connectivity index (χ1v) is 14.7. The van der Waals surface area contributed by atoms with E-state index in [9.17, 15) is 13.2 Å². The molecule has 4 rings (SSSR count). The Bertz CT molecular complexity index is 1120. The topological polar surface area (TPSA) is 60.9 Å². The lowest BCUT2D eigenvalue weighted by molar-refractivity contribution is 0.0828. The van der Waals surface area contributed by atoms with Gasteiger partial charge in [0.2, 0.25) is 0 Å². The van der Waals surface area contributed by atoms with Crippen molar-refractivity contribution >= 4 is 56.2 Å². The van der Waals surface area contributed by atoms with Gasteiger partial charge in [0, 0.05) is 46.0 Å². The van der Waals surface area contributed by atoms with Crippen molar-refractivity contribution < 1.29 is 13.2 Å². The van der Waals surface area contributed by atoms with E-state index in [1.54, 1.807) is 30.5 Å². The summed E-state index contributed by atoms with van der Waals surface area (Å²) in [5, 5.41) is 0.491. The molecule has 1 aromatic heterocycles. The van der Waals surface area contributed by atoms with E-state index in [1.807, 2.05) is 18.2 Å². The van der Waals surface area contributed by atoms with Crippen LogP contribution in [0.5, 0.6) is 0 Å². The number of thiophene rings is 1. The van der Waals surface area contributed by atoms with Crippen LogP contribution >= 0.6 is 34.5 Å². The number of amides is 1. The Hall–Kier alpha value is -1.32. The average molecular weight is 545 g/mol. The Morgan fingerprint density at radius 3 is 2.15 bits per heavy atom. The highest BCUT2D eigenvalue weighted by Crippen LogP contribution is 2.35. The molecule has 0 spiro atoms. The first-order chi connectivity index (χ1) is 16.1. The summed E-state index contributed by atoms with van der Waals surface area (Å²) in [7, 11) is 0.0179. The van der Waals surface area contributed by atoms with Crippen LogP contribution in [0.25, 0.3) is 0 Å². The van der Waals surface area contributed by atoms with Crippen LogP contribution in [0.15, 0.2) is 34.5 Å². The maximum Gasteiger partial charge on any atom is 0.254 e. The number of piperidine rings is 2. The fourth-order valence-corrected chi connectivity index (χ4v) is 8.32. The van der Waals surface area contributed by atoms with Crippen molar-refractivity contribution in [3.05, 3.63) is 45.3 Å². The fraction of sp³-hybridized carbons (Fsp3) is 0.542. The summed E-state index contributed by atoms with van der Waals surface area (Å²) < 4.78 is 28.1. The lowest BCUT2D eigenvalue weighted by atomic mass is 9.83. The van der Waals surface area contributed by atoms with Crippen molar-refractivity contribution in [2.75, 3.05) is 45.2 Å². The molecule has 0 saturated carbocycles. The number of benzene rings is 1. The Morgan fingerprint density at radius 1 is 1.00 bits per heavy atom. The molecule has 186 valence electrons. The number of halogens is 2. The molecular formula is C24H31Cl2N3O3S2. The standard InChI is InChI=1S/C24H31Cl2N3O3S2/c1-27(2)24(30)20-4-3-19(16-21(20)25)28-11-7-17(8-12-28)15-18-9-13-29(14-10-18)34(31,32)23-6-5-22(26)33-23/h3-6,16-18H,7-15H2,1-2H3. The third-order valence-corrected chi connectivity index (χ3v) is 10.9. The number of carbonyl (C=O) groups is 1. The number of nitrogens with zero attached hydrogens (tertiary/aromatic N) is 3. The van der Waals surface area contributed by atoms with E-state index >= 15 is 0 Å². The van der Waals surface area contributed by atoms with E-state index in [0.717, 1.165) is 62.2 Å². The molecule has 1 amide bonds. The predicted molar refractivity (Wildman–Crippen MR) is 140 cm³/mol. The van der Waals surface area contributed by atoms with Gasteiger partial charge in [-0.1, -0.05) is 23.2 Å². The van der Waals surface area contributed by atoms with Crippen LogP contribution in [0.4, 0.5) is 5.69 Å². The number of sulfonamides is 1. The van der Waals surface area contributed by atoms with Gasteiger partial charge in [0.05, 0.1) is 14.9 Å². The Kier molecular flexibility index (Phi) is 8.14. The SMILES string of the molecule is CN(C)C(=O)c1ccc(N2CCC(CC3CCN(S(=O)(=O)c4ccc(Cl)s4)CC3)CC2)cc1Cl. The van der Waals surface area contributed by atoms with Crippen molar-refractivity contribution in [1.29, 1.82) is 0 Å². The molecule has 6 nitrogen and oxygen atoms in total. The lowest BCUT2D eigenvalue weighted by Crippen LogP contribution is -2.39. The molecule has 0 radical (unpaired) electrons. The van der Waals surface area contributed by atoms with E-state index in [2.05, 4.69) is 4.90 Å². The second-order valence-electron chi connectivity index (χ2n) is 9.44. The van der Waals surface area contributed by atoms with Gasteiger partial charge in [-0.25, -0.2) is 8.42 Å². The van der Waals surface area contributed by atoms with Crippen LogP contribution < -0.4 is 4.90 Å². The Morgan fingerprint density at radius 2 is 1.62 bits per heavy atom. The van der Waals surface area contributed by atoms with Gasteiger partial charge < -0.3 is 9.80 Å². The quantitative estimate of drug-likeness (QED) is 0.485. The van der Waals surface area contributed by atoms with Crippen molar-refractivity contribution in [2.45, 2.75) is 36.3 Å². The number of hydrogen-bond acceptors (Lipinski definition) is 5. The third-order valence-electron chi connectivity index (χ3n) is 6.95. The van der Waals surface area contributed by atoms with Gasteiger partial charge in [-0.2, -0.15) is 4.31 Å². The summed E-state index contributed by atoms with van der Waals surface area (Å²) >= 11 is 13.5. The zero-order chi connectivity index (χ0) is 24.5. The molecule has 3 heterocycles. The largest absolute Gasteiger partial charge is 0.371 e. The Labute approximate surface area is 216 Å². The minimum atomic E-state index is -3.43. The van der Waals surface area contributed by atoms with Crippen LogP contribution in [0, 0.1) is 11.8 Å². The molecule has 0 aliphatic carbocycles. The third kappa shape index (κ3) is 5.73. The zero-order valence-electron chi connectivity index (χ0n) is 19.5. The van der Waals surface area contributed by atoms with E-state index in [0.29, 0.717) is 44.1 Å². The second kappa shape index (κ2) is 10.7. The predicted octanol–water partition coefficient (Wildman–Crippen LogP) is 5.46. The number of anilines is 1. The molecule has 0 unspecified atom stereocenters. The molecule has 1 aromatic carbocycles. The summed E-state index contributed by atoms with van der Waals surface area (Å²) in [5.74, 6) is 1.14. The van der Waals surface area contributed by atoms with Crippen LogP contribution in [0.1, 0.15) is 42.5 Å². The minimum Gasteiger partial charge on any atom is -0.371 e. The highest BCUT2D eigenvalue weighted by molar-refractivity contribution is 7.91. The van der Waals surface area contributed by atoms with Gasteiger partial charge in [-0.3, -0.25) is 4.79 Å². The van der Waals surface area contributed by atoms with E-state index in [4.69, 9.17) is 23.2 Å². The molecule has 2 aromatic rings. The molecule has 0 N–H and O–H groups in total.